The Balaban J connectivity index is 1.57. The van der Waals surface area contributed by atoms with Crippen LogP contribution in [0.4, 0.5) is 0 Å². The monoisotopic (exact) mass is 804 g/mol. The molecule has 3 N–H and O–H groups in total. The average Bonchev–Trinajstić information content (AvgIpc) is 3.59. The van der Waals surface area contributed by atoms with Gasteiger partial charge in [0.25, 0.3) is 0 Å². The lowest BCUT2D eigenvalue weighted by molar-refractivity contribution is 1.26. The van der Waals surface area contributed by atoms with Crippen LogP contribution in [0.15, 0.2) is 72.8 Å². The molecule has 0 aliphatic heterocycles. The van der Waals surface area contributed by atoms with E-state index in [-0.39, 0.29) is 0 Å². The third kappa shape index (κ3) is 3.57. The predicted molar refractivity (Wildman–Crippen MR) is 170 cm³/mol. The van der Waals surface area contributed by atoms with E-state index in [1.807, 2.05) is 54.6 Å². The van der Waals surface area contributed by atoms with Crippen LogP contribution in [0.3, 0.4) is 0 Å². The van der Waals surface area contributed by atoms with Gasteiger partial charge in [0, 0.05) is 27.4 Å². The highest BCUT2D eigenvalue weighted by molar-refractivity contribution is 14.1. The molecular formula is C27H15I3N6. The summed E-state index contributed by atoms with van der Waals surface area (Å²) in [5.74, 6) is 2.49. The third-order valence-electron chi connectivity index (χ3n) is 6.20. The molecular weight excluding hydrogens is 789 g/mol. The summed E-state index contributed by atoms with van der Waals surface area (Å²) in [5, 5.41) is 0. The van der Waals surface area contributed by atoms with E-state index in [0.29, 0.717) is 0 Å². The molecule has 7 aromatic rings. The molecule has 6 nitrogen and oxygen atoms in total. The van der Waals surface area contributed by atoms with Gasteiger partial charge in [-0.3, -0.25) is 0 Å². The molecule has 0 aliphatic rings. The number of fused-ring (bicyclic) bond motifs is 3. The van der Waals surface area contributed by atoms with Gasteiger partial charge in [-0.2, -0.15) is 0 Å². The normalized spacial score (nSPS) is 11.8. The predicted octanol–water partition coefficient (Wildman–Crippen LogP) is 8.13. The van der Waals surface area contributed by atoms with Crippen molar-refractivity contribution in [2.45, 2.75) is 0 Å². The van der Waals surface area contributed by atoms with Gasteiger partial charge < -0.3 is 15.0 Å². The second kappa shape index (κ2) is 8.80. The van der Waals surface area contributed by atoms with Crippen LogP contribution in [0.25, 0.3) is 67.3 Å². The lowest BCUT2D eigenvalue weighted by Crippen LogP contribution is -2.03. The number of hydrogen-bond acceptors (Lipinski definition) is 3. The first-order valence-electron chi connectivity index (χ1n) is 11.1. The summed E-state index contributed by atoms with van der Waals surface area (Å²) in [6, 6.07) is 24.3. The number of rotatable bonds is 3. The first-order chi connectivity index (χ1) is 17.6. The van der Waals surface area contributed by atoms with Gasteiger partial charge in [-0.15, -0.1) is 0 Å². The maximum absolute atomic E-state index is 4.96. The van der Waals surface area contributed by atoms with Crippen molar-refractivity contribution < 1.29 is 0 Å². The minimum atomic E-state index is 0.830. The van der Waals surface area contributed by atoms with Gasteiger partial charge in [-0.25, -0.2) is 15.0 Å². The van der Waals surface area contributed by atoms with Crippen molar-refractivity contribution in [3.63, 3.8) is 0 Å². The van der Waals surface area contributed by atoms with Gasteiger partial charge in [0.2, 0.25) is 0 Å². The zero-order chi connectivity index (χ0) is 24.4. The number of halogens is 3. The summed E-state index contributed by atoms with van der Waals surface area (Å²) >= 11 is 7.32. The molecule has 36 heavy (non-hydrogen) atoms. The van der Waals surface area contributed by atoms with Crippen LogP contribution < -0.4 is 0 Å². The van der Waals surface area contributed by atoms with Gasteiger partial charge >= 0.3 is 0 Å². The van der Waals surface area contributed by atoms with E-state index in [1.54, 1.807) is 0 Å². The van der Waals surface area contributed by atoms with Gasteiger partial charge in [-0.05, 0) is 104 Å². The molecule has 0 fully saturated rings. The highest BCUT2D eigenvalue weighted by Crippen LogP contribution is 2.45. The summed E-state index contributed by atoms with van der Waals surface area (Å²) in [4.78, 5) is 25.5. The minimum absolute atomic E-state index is 0.830. The van der Waals surface area contributed by atoms with Crippen molar-refractivity contribution in [3.8, 4) is 34.2 Å². The Morgan fingerprint density at radius 2 is 0.694 bits per heavy atom. The lowest BCUT2D eigenvalue weighted by atomic mass is 10.0. The van der Waals surface area contributed by atoms with Crippen LogP contribution in [-0.4, -0.2) is 29.9 Å². The third-order valence-corrected chi connectivity index (χ3v) is 9.43. The Bertz CT molecular complexity index is 1600. The molecule has 3 aromatic heterocycles. The standard InChI is InChI=1S/C27H15I3N6/c28-22-19(25-31-13-7-1-2-8-14(13)32-25)23(29)21(27-35-17-11-5-6-12-18(17)36-27)24(30)20(22)26-33-15-9-3-4-10-16(15)34-26/h1-12H,(H,31,32)(H,33,34)(H,35,36). The molecule has 7 rings (SSSR count). The van der Waals surface area contributed by atoms with Crippen molar-refractivity contribution in [2.24, 2.45) is 0 Å². The van der Waals surface area contributed by atoms with E-state index in [9.17, 15) is 0 Å². The highest BCUT2D eigenvalue weighted by Gasteiger charge is 2.27. The smallest absolute Gasteiger partial charge is 0.140 e. The molecule has 0 bridgehead atoms. The summed E-state index contributed by atoms with van der Waals surface area (Å²) in [5.41, 5.74) is 8.96. The Morgan fingerprint density at radius 3 is 0.972 bits per heavy atom. The maximum atomic E-state index is 4.96. The molecule has 9 heteroatoms. The lowest BCUT2D eigenvalue weighted by Gasteiger charge is -2.16. The Kier molecular flexibility index (Phi) is 5.54. The van der Waals surface area contributed by atoms with Gasteiger partial charge in [0.15, 0.2) is 0 Å². The van der Waals surface area contributed by atoms with E-state index in [0.717, 1.165) is 78.0 Å². The van der Waals surface area contributed by atoms with E-state index in [2.05, 4.69) is 101 Å². The van der Waals surface area contributed by atoms with Crippen LogP contribution >= 0.6 is 67.8 Å². The summed E-state index contributed by atoms with van der Waals surface area (Å²) in [7, 11) is 0. The molecule has 0 saturated heterocycles. The van der Waals surface area contributed by atoms with E-state index < -0.39 is 0 Å². The van der Waals surface area contributed by atoms with Crippen LogP contribution in [0, 0.1) is 10.7 Å². The average molecular weight is 804 g/mol. The molecule has 0 atom stereocenters. The molecule has 0 amide bonds. The number of nitrogens with zero attached hydrogens (tertiary/aromatic N) is 3. The highest BCUT2D eigenvalue weighted by atomic mass is 127. The fourth-order valence-electron chi connectivity index (χ4n) is 4.50. The number of para-hydroxylation sites is 6. The number of nitrogens with one attached hydrogen (secondary N) is 3. The molecule has 0 aliphatic carbocycles. The summed E-state index contributed by atoms with van der Waals surface area (Å²) in [6.07, 6.45) is 0. The molecule has 0 unspecified atom stereocenters. The number of imidazole rings is 3. The molecule has 4 aromatic carbocycles. The Morgan fingerprint density at radius 1 is 0.417 bits per heavy atom. The first-order valence-corrected chi connectivity index (χ1v) is 14.4. The maximum Gasteiger partial charge on any atom is 0.140 e. The number of H-pyrrole nitrogens is 3. The molecule has 0 spiro atoms. The number of aromatic amines is 3. The SMILES string of the molecule is Ic1c(-c2nc3ccccc3[nH]2)c(I)c(-c2nc3ccccc3[nH]2)c(I)c1-c1nc2ccccc2[nH]1. The van der Waals surface area contributed by atoms with Crippen molar-refractivity contribution in [1.82, 2.24) is 29.9 Å². The largest absolute Gasteiger partial charge is 0.338 e. The van der Waals surface area contributed by atoms with Gasteiger partial charge in [0.1, 0.15) is 17.5 Å². The van der Waals surface area contributed by atoms with Gasteiger partial charge in [-0.1, -0.05) is 36.4 Å². The van der Waals surface area contributed by atoms with Crippen molar-refractivity contribution in [3.05, 3.63) is 83.5 Å². The second-order valence-corrected chi connectivity index (χ2v) is 11.6. The molecule has 174 valence electrons. The molecule has 0 radical (unpaired) electrons. The fraction of sp³-hybridized carbons (Fsp3) is 0. The minimum Gasteiger partial charge on any atom is -0.338 e. The van der Waals surface area contributed by atoms with Crippen molar-refractivity contribution in [2.75, 3.05) is 0 Å². The van der Waals surface area contributed by atoms with E-state index >= 15 is 0 Å². The van der Waals surface area contributed by atoms with E-state index in [4.69, 9.17) is 15.0 Å². The number of benzene rings is 4. The van der Waals surface area contributed by atoms with Crippen molar-refractivity contribution >= 4 is 101 Å². The zero-order valence-electron chi connectivity index (χ0n) is 18.4. The fourth-order valence-corrected chi connectivity index (χ4v) is 9.20. The van der Waals surface area contributed by atoms with Crippen LogP contribution in [0.2, 0.25) is 0 Å². The van der Waals surface area contributed by atoms with Gasteiger partial charge in [0.05, 0.1) is 33.1 Å². The summed E-state index contributed by atoms with van der Waals surface area (Å²) in [6.45, 7) is 0. The topological polar surface area (TPSA) is 86.0 Å². The van der Waals surface area contributed by atoms with Crippen molar-refractivity contribution in [1.29, 1.82) is 0 Å². The first kappa shape index (κ1) is 22.7. The van der Waals surface area contributed by atoms with Crippen LogP contribution in [-0.2, 0) is 0 Å². The van der Waals surface area contributed by atoms with Crippen LogP contribution in [0.1, 0.15) is 0 Å². The summed E-state index contributed by atoms with van der Waals surface area (Å²) < 4.78 is 3.25. The molecule has 3 heterocycles. The van der Waals surface area contributed by atoms with Crippen LogP contribution in [0.5, 0.6) is 0 Å². The van der Waals surface area contributed by atoms with E-state index in [1.165, 1.54) is 0 Å². The number of hydrogen-bond donors (Lipinski definition) is 3. The second-order valence-electron chi connectivity index (χ2n) is 8.37. The number of aromatic nitrogens is 6. The Labute approximate surface area is 246 Å². The zero-order valence-corrected chi connectivity index (χ0v) is 24.9. The quantitative estimate of drug-likeness (QED) is 0.158. The Hall–Kier alpha value is -2.52. The molecule has 0 saturated carbocycles.